The van der Waals surface area contributed by atoms with E-state index in [1.54, 1.807) is 0 Å². The molecular weight excluding hydrogens is 647 g/mol. The molecule has 246 valence electrons. The fourth-order valence-corrected chi connectivity index (χ4v) is 8.79. The summed E-state index contributed by atoms with van der Waals surface area (Å²) in [6, 6.07) is 63.0. The van der Waals surface area contributed by atoms with E-state index < -0.39 is 0 Å². The second-order valence-corrected chi connectivity index (χ2v) is 14.1. The van der Waals surface area contributed by atoms with Crippen LogP contribution in [0.2, 0.25) is 0 Å². The smallest absolute Gasteiger partial charge is 0.143 e. The molecule has 3 heteroatoms. The number of fused-ring (bicyclic) bond motifs is 4. The van der Waals surface area contributed by atoms with Crippen LogP contribution in [0.1, 0.15) is 0 Å². The molecule has 12 aromatic rings. The fraction of sp³-hybridized carbons (Fsp3) is 0. The Bertz CT molecular complexity index is 3330. The van der Waals surface area contributed by atoms with Gasteiger partial charge in [-0.2, -0.15) is 0 Å². The predicted molar refractivity (Wildman–Crippen MR) is 221 cm³/mol. The van der Waals surface area contributed by atoms with E-state index in [1.807, 2.05) is 12.1 Å². The number of para-hydroxylation sites is 1. The van der Waals surface area contributed by atoms with Crippen LogP contribution in [0.3, 0.4) is 0 Å². The number of hydrogen-bond acceptors (Lipinski definition) is 3. The topological polar surface area (TPSA) is 29.5 Å². The Morgan fingerprint density at radius 2 is 1.00 bits per heavy atom. The molecule has 0 spiro atoms. The molecule has 0 bridgehead atoms. The van der Waals surface area contributed by atoms with Crippen molar-refractivity contribution in [3.63, 3.8) is 0 Å². The molecule has 0 aliphatic rings. The molecule has 53 heavy (non-hydrogen) atoms. The van der Waals surface area contributed by atoms with Gasteiger partial charge in [0.05, 0.1) is 0 Å². The molecule has 0 radical (unpaired) electrons. The first kappa shape index (κ1) is 28.6. The molecule has 0 unspecified atom stereocenters. The van der Waals surface area contributed by atoms with Gasteiger partial charge in [0.1, 0.15) is 22.3 Å². The highest BCUT2D eigenvalue weighted by Gasteiger charge is 2.23. The number of furan rings is 2. The van der Waals surface area contributed by atoms with Crippen molar-refractivity contribution >= 4 is 93.3 Å². The minimum absolute atomic E-state index is 0.880. The highest BCUT2D eigenvalue weighted by molar-refractivity contribution is 6.40. The van der Waals surface area contributed by atoms with Gasteiger partial charge < -0.3 is 13.7 Å². The van der Waals surface area contributed by atoms with Crippen molar-refractivity contribution in [2.45, 2.75) is 0 Å². The number of anilines is 3. The van der Waals surface area contributed by atoms with Gasteiger partial charge in [-0.15, -0.1) is 0 Å². The van der Waals surface area contributed by atoms with Crippen LogP contribution in [0, 0.1) is 0 Å². The summed E-state index contributed by atoms with van der Waals surface area (Å²) in [7, 11) is 0. The summed E-state index contributed by atoms with van der Waals surface area (Å²) in [6.07, 6.45) is 0. The monoisotopic (exact) mass is 675 g/mol. The van der Waals surface area contributed by atoms with Gasteiger partial charge in [-0.05, 0) is 104 Å². The van der Waals surface area contributed by atoms with Crippen LogP contribution in [0.5, 0.6) is 0 Å². The van der Waals surface area contributed by atoms with Crippen molar-refractivity contribution in [1.82, 2.24) is 0 Å². The molecule has 0 atom stereocenters. The Morgan fingerprint density at radius 1 is 0.321 bits per heavy atom. The van der Waals surface area contributed by atoms with E-state index in [-0.39, 0.29) is 0 Å². The van der Waals surface area contributed by atoms with Crippen molar-refractivity contribution < 1.29 is 8.83 Å². The zero-order valence-electron chi connectivity index (χ0n) is 28.5. The van der Waals surface area contributed by atoms with Gasteiger partial charge in [0.25, 0.3) is 0 Å². The average Bonchev–Trinajstić information content (AvgIpc) is 3.80. The van der Waals surface area contributed by atoms with E-state index in [1.165, 1.54) is 54.2 Å². The Kier molecular flexibility index (Phi) is 5.77. The molecule has 0 saturated heterocycles. The quantitative estimate of drug-likeness (QED) is 0.134. The van der Waals surface area contributed by atoms with Crippen LogP contribution in [0.4, 0.5) is 17.1 Å². The van der Waals surface area contributed by atoms with Crippen LogP contribution in [-0.4, -0.2) is 0 Å². The minimum atomic E-state index is 0.880. The first-order chi connectivity index (χ1) is 26.3. The average molecular weight is 676 g/mol. The minimum Gasteiger partial charge on any atom is -0.456 e. The van der Waals surface area contributed by atoms with E-state index in [9.17, 15) is 0 Å². The summed E-state index contributed by atoms with van der Waals surface area (Å²) >= 11 is 0. The zero-order chi connectivity index (χ0) is 34.6. The van der Waals surface area contributed by atoms with Crippen LogP contribution in [0.15, 0.2) is 185 Å². The SMILES string of the molecule is c1ccc(-c2cccc(N(c3ccc(-c4cc5ccc6cccc7c8cccc9oc4c(c98)c5c67)cc3)c3ccc4oc5ccccc5c4c3)c2)cc1. The molecule has 0 aliphatic carbocycles. The highest BCUT2D eigenvalue weighted by atomic mass is 16.3. The van der Waals surface area contributed by atoms with E-state index >= 15 is 0 Å². The van der Waals surface area contributed by atoms with E-state index in [2.05, 4.69) is 169 Å². The van der Waals surface area contributed by atoms with Crippen molar-refractivity contribution in [3.05, 3.63) is 176 Å². The van der Waals surface area contributed by atoms with Crippen molar-refractivity contribution in [3.8, 4) is 22.3 Å². The lowest BCUT2D eigenvalue weighted by molar-refractivity contribution is 0.669. The molecule has 0 fully saturated rings. The molecular formula is C50H29NO2. The van der Waals surface area contributed by atoms with Crippen LogP contribution >= 0.6 is 0 Å². The summed E-state index contributed by atoms with van der Waals surface area (Å²) in [5, 5.41) is 12.3. The Balaban J connectivity index is 1.05. The molecule has 0 aliphatic heterocycles. The van der Waals surface area contributed by atoms with E-state index in [4.69, 9.17) is 8.83 Å². The summed E-state index contributed by atoms with van der Waals surface area (Å²) in [5.74, 6) is 0. The second kappa shape index (κ2) is 10.7. The third kappa shape index (κ3) is 4.10. The molecule has 0 amide bonds. The van der Waals surface area contributed by atoms with Gasteiger partial charge in [-0.25, -0.2) is 0 Å². The van der Waals surface area contributed by atoms with Gasteiger partial charge in [-0.3, -0.25) is 0 Å². The first-order valence-corrected chi connectivity index (χ1v) is 18.1. The lowest BCUT2D eigenvalue weighted by atomic mass is 9.87. The first-order valence-electron chi connectivity index (χ1n) is 18.1. The van der Waals surface area contributed by atoms with Gasteiger partial charge in [0.2, 0.25) is 0 Å². The zero-order valence-corrected chi connectivity index (χ0v) is 28.5. The van der Waals surface area contributed by atoms with Gasteiger partial charge >= 0.3 is 0 Å². The molecule has 10 aromatic carbocycles. The predicted octanol–water partition coefficient (Wildman–Crippen LogP) is 14.6. The van der Waals surface area contributed by atoms with Crippen LogP contribution < -0.4 is 4.90 Å². The maximum absolute atomic E-state index is 6.79. The number of benzene rings is 10. The Labute approximate surface area is 304 Å². The number of nitrogens with zero attached hydrogens (tertiary/aromatic N) is 1. The molecule has 3 nitrogen and oxygen atoms in total. The normalized spacial score (nSPS) is 12.2. The lowest BCUT2D eigenvalue weighted by Crippen LogP contribution is -2.10. The molecule has 2 aromatic heterocycles. The molecule has 0 saturated carbocycles. The third-order valence-electron chi connectivity index (χ3n) is 11.1. The third-order valence-corrected chi connectivity index (χ3v) is 11.1. The van der Waals surface area contributed by atoms with Crippen molar-refractivity contribution in [2.24, 2.45) is 0 Å². The lowest BCUT2D eigenvalue weighted by Gasteiger charge is -2.26. The molecule has 12 rings (SSSR count). The number of rotatable bonds is 5. The van der Waals surface area contributed by atoms with Crippen molar-refractivity contribution in [2.75, 3.05) is 4.90 Å². The summed E-state index contributed by atoms with van der Waals surface area (Å²) < 4.78 is 13.0. The maximum atomic E-state index is 6.79. The van der Waals surface area contributed by atoms with Gasteiger partial charge in [0.15, 0.2) is 0 Å². The van der Waals surface area contributed by atoms with Crippen LogP contribution in [0.25, 0.3) is 98.4 Å². The number of hydrogen-bond donors (Lipinski definition) is 0. The standard InChI is InChI=1S/C50H29NO2/c1-2-9-30(10-3-1)33-12-6-13-36(27-33)51(37-25-26-44-42(29-37)38-14-4-5-17-43(38)52-44)35-23-21-31(22-24-35)41-28-34-20-19-32-11-7-15-39-40-16-8-18-45-48(40)49(50(41)53-45)47(34)46(32)39/h1-29H. The summed E-state index contributed by atoms with van der Waals surface area (Å²) in [6.45, 7) is 0. The second-order valence-electron chi connectivity index (χ2n) is 14.1. The van der Waals surface area contributed by atoms with E-state index in [0.717, 1.165) is 61.3 Å². The largest absolute Gasteiger partial charge is 0.456 e. The maximum Gasteiger partial charge on any atom is 0.143 e. The van der Waals surface area contributed by atoms with Crippen LogP contribution in [-0.2, 0) is 0 Å². The van der Waals surface area contributed by atoms with E-state index in [0.29, 0.717) is 0 Å². The molecule has 2 heterocycles. The van der Waals surface area contributed by atoms with Crippen molar-refractivity contribution in [1.29, 1.82) is 0 Å². The highest BCUT2D eigenvalue weighted by Crippen LogP contribution is 2.49. The summed E-state index contributed by atoms with van der Waals surface area (Å²) in [4.78, 5) is 2.34. The van der Waals surface area contributed by atoms with Gasteiger partial charge in [-0.1, -0.05) is 115 Å². The Morgan fingerprint density at radius 3 is 1.91 bits per heavy atom. The van der Waals surface area contributed by atoms with Gasteiger partial charge in [0, 0.05) is 49.6 Å². The fourth-order valence-electron chi connectivity index (χ4n) is 8.79. The summed E-state index contributed by atoms with van der Waals surface area (Å²) in [5.41, 5.74) is 11.4. The Hall–Kier alpha value is -7.10. The molecule has 0 N–H and O–H groups in total.